The number of carbonyl (C=O) groups is 2. The molecule has 2 aliphatic carbocycles. The lowest BCUT2D eigenvalue weighted by Gasteiger charge is -2.16. The fourth-order valence-corrected chi connectivity index (χ4v) is 4.27. The van der Waals surface area contributed by atoms with Gasteiger partial charge in [-0.3, -0.25) is 14.5 Å². The number of hydrogen-bond donors (Lipinski definition) is 1. The van der Waals surface area contributed by atoms with Crippen molar-refractivity contribution >= 4 is 11.8 Å². The van der Waals surface area contributed by atoms with Gasteiger partial charge in [0.2, 0.25) is 11.8 Å². The molecule has 0 aromatic carbocycles. The Labute approximate surface area is 126 Å². The second-order valence-corrected chi connectivity index (χ2v) is 6.67. The van der Waals surface area contributed by atoms with Crippen LogP contribution < -0.4 is 0 Å². The third-order valence-electron chi connectivity index (χ3n) is 5.35. The Hall–Kier alpha value is -1.16. The number of imide groups is 1. The SMILES string of the molecule is O=C1C2C3C=CC(C3)C2C(=O)N1CCCCCCCCO. The Balaban J connectivity index is 1.43. The van der Waals surface area contributed by atoms with E-state index in [1.165, 1.54) is 4.90 Å². The Morgan fingerprint density at radius 3 is 2.00 bits per heavy atom. The zero-order valence-corrected chi connectivity index (χ0v) is 12.5. The summed E-state index contributed by atoms with van der Waals surface area (Å²) in [4.78, 5) is 26.4. The second-order valence-electron chi connectivity index (χ2n) is 6.67. The van der Waals surface area contributed by atoms with E-state index in [2.05, 4.69) is 12.2 Å². The molecule has 4 unspecified atom stereocenters. The highest BCUT2D eigenvalue weighted by molar-refractivity contribution is 6.06. The average Bonchev–Trinajstić information content (AvgIpc) is 3.15. The van der Waals surface area contributed by atoms with Crippen molar-refractivity contribution in [1.82, 2.24) is 4.90 Å². The van der Waals surface area contributed by atoms with Crippen LogP contribution in [0.1, 0.15) is 44.9 Å². The van der Waals surface area contributed by atoms with Gasteiger partial charge in [0.1, 0.15) is 0 Å². The van der Waals surface area contributed by atoms with Crippen LogP contribution in [-0.2, 0) is 9.59 Å². The molecule has 2 amide bonds. The maximum absolute atomic E-state index is 12.4. The predicted molar refractivity (Wildman–Crippen MR) is 79.2 cm³/mol. The Kier molecular flexibility index (Phi) is 4.43. The summed E-state index contributed by atoms with van der Waals surface area (Å²) < 4.78 is 0. The van der Waals surface area contributed by atoms with Gasteiger partial charge in [0.15, 0.2) is 0 Å². The number of amides is 2. The molecule has 2 fully saturated rings. The number of carbonyl (C=O) groups excluding carboxylic acids is 2. The molecular weight excluding hydrogens is 266 g/mol. The van der Waals surface area contributed by atoms with Crippen LogP contribution in [0.4, 0.5) is 0 Å². The second kappa shape index (κ2) is 6.30. The summed E-state index contributed by atoms with van der Waals surface area (Å²) in [5.41, 5.74) is 0. The lowest BCUT2D eigenvalue weighted by Crippen LogP contribution is -2.33. The number of rotatable bonds is 8. The monoisotopic (exact) mass is 291 g/mol. The van der Waals surface area contributed by atoms with E-state index in [-0.39, 0.29) is 30.3 Å². The first-order valence-corrected chi connectivity index (χ1v) is 8.38. The Morgan fingerprint density at radius 1 is 0.905 bits per heavy atom. The van der Waals surface area contributed by atoms with E-state index >= 15 is 0 Å². The number of unbranched alkanes of at least 4 members (excludes halogenated alkanes) is 5. The predicted octanol–water partition coefficient (Wildman–Crippen LogP) is 2.13. The van der Waals surface area contributed by atoms with Gasteiger partial charge in [0, 0.05) is 13.2 Å². The fourth-order valence-electron chi connectivity index (χ4n) is 4.27. The summed E-state index contributed by atoms with van der Waals surface area (Å²) in [5, 5.41) is 8.71. The minimum Gasteiger partial charge on any atom is -0.396 e. The minimum atomic E-state index is -0.0444. The molecule has 0 aromatic heterocycles. The molecule has 1 N–H and O–H groups in total. The van der Waals surface area contributed by atoms with Crippen molar-refractivity contribution in [3.8, 4) is 0 Å². The highest BCUT2D eigenvalue weighted by Gasteiger charge is 2.58. The molecule has 4 heteroatoms. The van der Waals surface area contributed by atoms with Crippen LogP contribution in [0.15, 0.2) is 12.2 Å². The van der Waals surface area contributed by atoms with Crippen LogP contribution in [0.5, 0.6) is 0 Å². The van der Waals surface area contributed by atoms with Crippen molar-refractivity contribution in [2.75, 3.05) is 13.2 Å². The first-order valence-electron chi connectivity index (χ1n) is 8.38. The number of allylic oxidation sites excluding steroid dienone is 2. The van der Waals surface area contributed by atoms with E-state index in [1.807, 2.05) is 0 Å². The van der Waals surface area contributed by atoms with Gasteiger partial charge < -0.3 is 5.11 Å². The van der Waals surface area contributed by atoms with Gasteiger partial charge in [-0.25, -0.2) is 0 Å². The Bertz CT molecular complexity index is 415. The molecule has 2 bridgehead atoms. The highest BCUT2D eigenvalue weighted by atomic mass is 16.3. The van der Waals surface area contributed by atoms with E-state index in [0.717, 1.165) is 44.9 Å². The topological polar surface area (TPSA) is 57.6 Å². The molecule has 3 rings (SSSR count). The summed E-state index contributed by atoms with van der Waals surface area (Å²) >= 11 is 0. The molecule has 0 radical (unpaired) electrons. The Morgan fingerprint density at radius 2 is 1.43 bits per heavy atom. The first-order chi connectivity index (χ1) is 10.2. The third-order valence-corrected chi connectivity index (χ3v) is 5.35. The summed E-state index contributed by atoms with van der Waals surface area (Å²) in [7, 11) is 0. The maximum Gasteiger partial charge on any atom is 0.233 e. The van der Waals surface area contributed by atoms with Crippen LogP contribution in [0.25, 0.3) is 0 Å². The van der Waals surface area contributed by atoms with Gasteiger partial charge in [-0.15, -0.1) is 0 Å². The van der Waals surface area contributed by atoms with E-state index in [9.17, 15) is 9.59 Å². The molecule has 0 spiro atoms. The van der Waals surface area contributed by atoms with Gasteiger partial charge in [-0.05, 0) is 31.1 Å². The molecule has 116 valence electrons. The van der Waals surface area contributed by atoms with Crippen LogP contribution >= 0.6 is 0 Å². The number of aliphatic hydroxyl groups excluding tert-OH is 1. The smallest absolute Gasteiger partial charge is 0.233 e. The number of fused-ring (bicyclic) bond motifs is 5. The summed E-state index contributed by atoms with van der Waals surface area (Å²) in [6.45, 7) is 0.875. The van der Waals surface area contributed by atoms with Crippen LogP contribution in [0.2, 0.25) is 0 Å². The van der Waals surface area contributed by atoms with Gasteiger partial charge in [0.05, 0.1) is 11.8 Å². The number of hydrogen-bond acceptors (Lipinski definition) is 3. The summed E-state index contributed by atoms with van der Waals surface area (Å²) in [6, 6.07) is 0. The molecule has 3 aliphatic rings. The van der Waals surface area contributed by atoms with Crippen molar-refractivity contribution in [2.24, 2.45) is 23.7 Å². The normalized spacial score (nSPS) is 33.3. The first kappa shape index (κ1) is 14.8. The van der Waals surface area contributed by atoms with Crippen molar-refractivity contribution < 1.29 is 14.7 Å². The summed E-state index contributed by atoms with van der Waals surface area (Å²) in [5.74, 6) is 0.721. The molecule has 1 saturated carbocycles. The van der Waals surface area contributed by atoms with E-state index in [4.69, 9.17) is 5.11 Å². The standard InChI is InChI=1S/C17H25NO3/c19-10-6-4-2-1-3-5-9-18-16(20)14-12-7-8-13(11-12)15(14)17(18)21/h7-8,12-15,19H,1-6,9-11H2. The van der Waals surface area contributed by atoms with Crippen LogP contribution in [0.3, 0.4) is 0 Å². The lowest BCUT2D eigenvalue weighted by molar-refractivity contribution is -0.140. The van der Waals surface area contributed by atoms with E-state index in [0.29, 0.717) is 18.4 Å². The molecule has 21 heavy (non-hydrogen) atoms. The summed E-state index contributed by atoms with van der Waals surface area (Å²) in [6.07, 6.45) is 11.5. The van der Waals surface area contributed by atoms with E-state index in [1.54, 1.807) is 0 Å². The van der Waals surface area contributed by atoms with Crippen LogP contribution in [0, 0.1) is 23.7 Å². The highest BCUT2D eigenvalue weighted by Crippen LogP contribution is 2.52. The number of nitrogens with zero attached hydrogens (tertiary/aromatic N) is 1. The molecule has 1 aliphatic heterocycles. The largest absolute Gasteiger partial charge is 0.396 e. The van der Waals surface area contributed by atoms with Gasteiger partial charge >= 0.3 is 0 Å². The van der Waals surface area contributed by atoms with E-state index < -0.39 is 0 Å². The maximum atomic E-state index is 12.4. The van der Waals surface area contributed by atoms with Crippen LogP contribution in [-0.4, -0.2) is 35.0 Å². The number of aliphatic hydroxyl groups is 1. The molecule has 4 nitrogen and oxygen atoms in total. The van der Waals surface area contributed by atoms with Crippen molar-refractivity contribution in [3.63, 3.8) is 0 Å². The van der Waals surface area contributed by atoms with Crippen molar-refractivity contribution in [1.29, 1.82) is 0 Å². The number of likely N-dealkylation sites (tertiary alicyclic amines) is 1. The molecule has 4 atom stereocenters. The minimum absolute atomic E-state index is 0.0444. The van der Waals surface area contributed by atoms with Gasteiger partial charge in [-0.1, -0.05) is 37.8 Å². The quantitative estimate of drug-likeness (QED) is 0.423. The zero-order chi connectivity index (χ0) is 14.8. The molecule has 1 saturated heterocycles. The molecular formula is C17H25NO3. The van der Waals surface area contributed by atoms with Crippen molar-refractivity contribution in [3.05, 3.63) is 12.2 Å². The van der Waals surface area contributed by atoms with Gasteiger partial charge in [-0.2, -0.15) is 0 Å². The molecule has 1 heterocycles. The average molecular weight is 291 g/mol. The zero-order valence-electron chi connectivity index (χ0n) is 12.5. The van der Waals surface area contributed by atoms with Crippen molar-refractivity contribution in [2.45, 2.75) is 44.9 Å². The fraction of sp³-hybridized carbons (Fsp3) is 0.765. The third kappa shape index (κ3) is 2.66. The lowest BCUT2D eigenvalue weighted by atomic mass is 9.85. The van der Waals surface area contributed by atoms with Gasteiger partial charge in [0.25, 0.3) is 0 Å². The molecule has 0 aromatic rings.